The zero-order valence-corrected chi connectivity index (χ0v) is 11.6. The summed E-state index contributed by atoms with van der Waals surface area (Å²) in [7, 11) is 0. The molecule has 2 aromatic carbocycles. The molecule has 0 aliphatic carbocycles. The second-order valence-electron chi connectivity index (χ2n) is 4.23. The minimum Gasteiger partial charge on any atom is -0.502 e. The Morgan fingerprint density at radius 1 is 1.05 bits per heavy atom. The zero-order chi connectivity index (χ0) is 14.3. The van der Waals surface area contributed by atoms with E-state index in [1.807, 2.05) is 0 Å². The summed E-state index contributed by atoms with van der Waals surface area (Å²) in [6, 6.07) is 11.5. The fourth-order valence-electron chi connectivity index (χ4n) is 1.99. The third kappa shape index (κ3) is 2.05. The second-order valence-corrected chi connectivity index (χ2v) is 5.07. The van der Waals surface area contributed by atoms with E-state index in [9.17, 15) is 9.90 Å². The number of benzene rings is 2. The molecule has 3 rings (SSSR count). The molecule has 0 atom stereocenters. The zero-order valence-electron chi connectivity index (χ0n) is 10.1. The van der Waals surface area contributed by atoms with Crippen LogP contribution in [0.15, 0.2) is 51.7 Å². The maximum atomic E-state index is 12.2. The van der Waals surface area contributed by atoms with Crippen molar-refractivity contribution in [1.29, 1.82) is 0 Å². The van der Waals surface area contributed by atoms with Crippen molar-refractivity contribution in [2.24, 2.45) is 0 Å². The lowest BCUT2D eigenvalue weighted by Crippen LogP contribution is -2.02. The molecule has 1 heterocycles. The number of fused-ring (bicyclic) bond motifs is 1. The standard InChI is InChI=1S/C15H8Cl2O3/c16-8-5-6-12-10(7-8)13(18)14(19)15(20-12)9-3-1-2-4-11(9)17/h1-7,19H. The van der Waals surface area contributed by atoms with Crippen molar-refractivity contribution < 1.29 is 9.52 Å². The minimum atomic E-state index is -0.538. The van der Waals surface area contributed by atoms with Gasteiger partial charge in [-0.2, -0.15) is 0 Å². The van der Waals surface area contributed by atoms with Gasteiger partial charge in [0, 0.05) is 10.6 Å². The van der Waals surface area contributed by atoms with Gasteiger partial charge in [0.15, 0.2) is 5.76 Å². The van der Waals surface area contributed by atoms with Crippen LogP contribution in [0.4, 0.5) is 0 Å². The Labute approximate surface area is 124 Å². The van der Waals surface area contributed by atoms with Gasteiger partial charge in [0.25, 0.3) is 0 Å². The van der Waals surface area contributed by atoms with Gasteiger partial charge >= 0.3 is 0 Å². The summed E-state index contributed by atoms with van der Waals surface area (Å²) < 4.78 is 5.60. The van der Waals surface area contributed by atoms with Crippen LogP contribution in [0, 0.1) is 0 Å². The molecule has 1 N–H and O–H groups in total. The Hall–Kier alpha value is -1.97. The third-order valence-corrected chi connectivity index (χ3v) is 3.51. The first-order chi connectivity index (χ1) is 9.58. The molecule has 3 aromatic rings. The molecule has 0 aliphatic rings. The summed E-state index contributed by atoms with van der Waals surface area (Å²) in [5.41, 5.74) is 0.261. The molecule has 5 heteroatoms. The van der Waals surface area contributed by atoms with Gasteiger partial charge in [-0.3, -0.25) is 4.79 Å². The molecule has 0 spiro atoms. The highest BCUT2D eigenvalue weighted by atomic mass is 35.5. The maximum Gasteiger partial charge on any atom is 0.235 e. The number of aromatic hydroxyl groups is 1. The van der Waals surface area contributed by atoms with Crippen LogP contribution in [-0.2, 0) is 0 Å². The Morgan fingerprint density at radius 2 is 1.80 bits per heavy atom. The molecule has 0 aliphatic heterocycles. The lowest BCUT2D eigenvalue weighted by molar-refractivity contribution is 0.449. The molecule has 3 nitrogen and oxygen atoms in total. The van der Waals surface area contributed by atoms with E-state index in [0.717, 1.165) is 0 Å². The summed E-state index contributed by atoms with van der Waals surface area (Å²) in [6.07, 6.45) is 0. The third-order valence-electron chi connectivity index (χ3n) is 2.95. The maximum absolute atomic E-state index is 12.2. The molecule has 100 valence electrons. The van der Waals surface area contributed by atoms with E-state index in [-0.39, 0.29) is 11.1 Å². The van der Waals surface area contributed by atoms with Gasteiger partial charge in [-0.15, -0.1) is 0 Å². The smallest absolute Gasteiger partial charge is 0.235 e. The molecule has 0 fully saturated rings. The monoisotopic (exact) mass is 306 g/mol. The first kappa shape index (κ1) is 13.0. The Kier molecular flexibility index (Phi) is 3.16. The van der Waals surface area contributed by atoms with Crippen LogP contribution >= 0.6 is 23.2 Å². The second kappa shape index (κ2) is 4.85. The van der Waals surface area contributed by atoms with Crippen LogP contribution in [0.3, 0.4) is 0 Å². The molecule has 0 unspecified atom stereocenters. The average Bonchev–Trinajstić information content (AvgIpc) is 2.44. The number of hydrogen-bond acceptors (Lipinski definition) is 3. The van der Waals surface area contributed by atoms with Gasteiger partial charge in [-0.05, 0) is 30.3 Å². The minimum absolute atomic E-state index is 0.0513. The van der Waals surface area contributed by atoms with Crippen LogP contribution in [0.1, 0.15) is 0 Å². The Morgan fingerprint density at radius 3 is 2.55 bits per heavy atom. The number of halogens is 2. The van der Waals surface area contributed by atoms with E-state index in [0.29, 0.717) is 21.2 Å². The first-order valence-corrected chi connectivity index (χ1v) is 6.54. The largest absolute Gasteiger partial charge is 0.502 e. The lowest BCUT2D eigenvalue weighted by atomic mass is 10.1. The quantitative estimate of drug-likeness (QED) is 0.721. The molecular formula is C15H8Cl2O3. The van der Waals surface area contributed by atoms with Crippen LogP contribution < -0.4 is 5.43 Å². The van der Waals surface area contributed by atoms with Crippen molar-refractivity contribution >= 4 is 34.2 Å². The molecule has 0 radical (unpaired) electrons. The Balaban J connectivity index is 2.39. The van der Waals surface area contributed by atoms with E-state index >= 15 is 0 Å². The predicted octanol–water partition coefficient (Wildman–Crippen LogP) is 4.47. The van der Waals surface area contributed by atoms with Crippen molar-refractivity contribution in [3.05, 3.63) is 62.7 Å². The van der Waals surface area contributed by atoms with Gasteiger partial charge in [0.1, 0.15) is 5.58 Å². The number of hydrogen-bond donors (Lipinski definition) is 1. The lowest BCUT2D eigenvalue weighted by Gasteiger charge is -2.07. The first-order valence-electron chi connectivity index (χ1n) is 5.78. The van der Waals surface area contributed by atoms with Crippen molar-refractivity contribution in [2.45, 2.75) is 0 Å². The fraction of sp³-hybridized carbons (Fsp3) is 0. The molecule has 1 aromatic heterocycles. The van der Waals surface area contributed by atoms with Crippen LogP contribution in [0.25, 0.3) is 22.3 Å². The summed E-state index contributed by atoms with van der Waals surface area (Å²) in [5.74, 6) is -0.428. The van der Waals surface area contributed by atoms with Crippen molar-refractivity contribution in [2.75, 3.05) is 0 Å². The summed E-state index contributed by atoms with van der Waals surface area (Å²) >= 11 is 11.9. The van der Waals surface area contributed by atoms with Crippen LogP contribution in [0.2, 0.25) is 10.0 Å². The fourth-order valence-corrected chi connectivity index (χ4v) is 2.38. The predicted molar refractivity (Wildman–Crippen MR) is 79.6 cm³/mol. The average molecular weight is 307 g/mol. The SMILES string of the molecule is O=c1c(O)c(-c2ccccc2Cl)oc2ccc(Cl)cc12. The Bertz CT molecular complexity index is 869. The van der Waals surface area contributed by atoms with Gasteiger partial charge in [0.2, 0.25) is 11.2 Å². The summed E-state index contributed by atoms with van der Waals surface area (Å²) in [4.78, 5) is 12.2. The molecule has 0 saturated heterocycles. The molecular weight excluding hydrogens is 299 g/mol. The van der Waals surface area contributed by atoms with E-state index in [2.05, 4.69) is 0 Å². The summed E-state index contributed by atoms with van der Waals surface area (Å²) in [6.45, 7) is 0. The van der Waals surface area contributed by atoms with Gasteiger partial charge in [0.05, 0.1) is 10.4 Å². The summed E-state index contributed by atoms with van der Waals surface area (Å²) in [5, 5.41) is 11.1. The van der Waals surface area contributed by atoms with Gasteiger partial charge < -0.3 is 9.52 Å². The van der Waals surface area contributed by atoms with Crippen LogP contribution in [0.5, 0.6) is 5.75 Å². The van der Waals surface area contributed by atoms with Crippen molar-refractivity contribution in [3.8, 4) is 17.1 Å². The number of rotatable bonds is 1. The highest BCUT2D eigenvalue weighted by Gasteiger charge is 2.17. The highest BCUT2D eigenvalue weighted by Crippen LogP contribution is 2.34. The van der Waals surface area contributed by atoms with Crippen molar-refractivity contribution in [3.63, 3.8) is 0 Å². The normalized spacial score (nSPS) is 10.9. The topological polar surface area (TPSA) is 50.4 Å². The van der Waals surface area contributed by atoms with Gasteiger partial charge in [-0.25, -0.2) is 0 Å². The molecule has 0 saturated carbocycles. The van der Waals surface area contributed by atoms with E-state index < -0.39 is 11.2 Å². The highest BCUT2D eigenvalue weighted by molar-refractivity contribution is 6.33. The molecule has 20 heavy (non-hydrogen) atoms. The molecule has 0 bridgehead atoms. The van der Waals surface area contributed by atoms with E-state index in [1.165, 1.54) is 6.07 Å². The van der Waals surface area contributed by atoms with Crippen molar-refractivity contribution in [1.82, 2.24) is 0 Å². The molecule has 0 amide bonds. The van der Waals surface area contributed by atoms with Gasteiger partial charge in [-0.1, -0.05) is 35.3 Å². The van der Waals surface area contributed by atoms with Crippen LogP contribution in [-0.4, -0.2) is 5.11 Å². The van der Waals surface area contributed by atoms with E-state index in [4.69, 9.17) is 27.6 Å². The van der Waals surface area contributed by atoms with E-state index in [1.54, 1.807) is 36.4 Å².